The average Bonchev–Trinajstić information content (AvgIpc) is 3.23. The molecule has 0 aromatic heterocycles. The molecule has 7 nitrogen and oxygen atoms in total. The van der Waals surface area contributed by atoms with Crippen molar-refractivity contribution >= 4 is 17.5 Å². The number of Topliss-reactive ketones (excluding diaryl/α,β-unsaturated/α-hetero) is 1. The number of ketones is 2. The molecule has 6 rings (SSSR count). The SMILES string of the molecule is CC1(C)C(=O)C=C[C@]2(C)C1=C(O)C(=O)[C@H]1[C@@H]2CC[C@]2(C)[C@H](C3=C[C@H](O)OC3=O)C[C@H]3O[C@@]312. The monoisotopic (exact) mass is 440 g/mol. The Morgan fingerprint density at radius 3 is 2.50 bits per heavy atom. The van der Waals surface area contributed by atoms with E-state index in [0.717, 1.165) is 6.42 Å². The molecule has 1 saturated heterocycles. The first kappa shape index (κ1) is 20.4. The fourth-order valence-electron chi connectivity index (χ4n) is 8.25. The predicted molar refractivity (Wildman–Crippen MR) is 111 cm³/mol. The van der Waals surface area contributed by atoms with E-state index in [1.54, 1.807) is 19.9 Å². The maximum absolute atomic E-state index is 13.7. The van der Waals surface area contributed by atoms with Gasteiger partial charge in [0, 0.05) is 22.3 Å². The topological polar surface area (TPSA) is 113 Å². The number of cyclic esters (lactones) is 1. The summed E-state index contributed by atoms with van der Waals surface area (Å²) in [5.41, 5.74) is -1.88. The van der Waals surface area contributed by atoms with Gasteiger partial charge in [-0.1, -0.05) is 19.9 Å². The molecular formula is C25H28O7. The number of fused-ring (bicyclic) bond motifs is 3. The first-order chi connectivity index (χ1) is 14.9. The summed E-state index contributed by atoms with van der Waals surface area (Å²) < 4.78 is 11.2. The van der Waals surface area contributed by atoms with Crippen LogP contribution in [0.3, 0.4) is 0 Å². The van der Waals surface area contributed by atoms with Crippen LogP contribution >= 0.6 is 0 Å². The largest absolute Gasteiger partial charge is 0.504 e. The molecule has 7 heteroatoms. The summed E-state index contributed by atoms with van der Waals surface area (Å²) in [5, 5.41) is 21.0. The summed E-state index contributed by atoms with van der Waals surface area (Å²) in [6.07, 6.45) is 5.52. The van der Waals surface area contributed by atoms with Gasteiger partial charge in [-0.2, -0.15) is 0 Å². The molecule has 0 radical (unpaired) electrons. The third-order valence-electron chi connectivity index (χ3n) is 9.75. The summed E-state index contributed by atoms with van der Waals surface area (Å²) >= 11 is 0. The fourth-order valence-corrected chi connectivity index (χ4v) is 8.25. The van der Waals surface area contributed by atoms with Crippen molar-refractivity contribution in [2.24, 2.45) is 34.0 Å². The van der Waals surface area contributed by atoms with Gasteiger partial charge in [0.15, 0.2) is 11.5 Å². The van der Waals surface area contributed by atoms with Crippen molar-refractivity contribution in [2.45, 2.75) is 65.0 Å². The number of epoxide rings is 1. The lowest BCUT2D eigenvalue weighted by atomic mass is 9.44. The molecule has 0 bridgehead atoms. The third kappa shape index (κ3) is 2.00. The zero-order chi connectivity index (χ0) is 23.0. The first-order valence-corrected chi connectivity index (χ1v) is 11.4. The molecule has 0 aromatic carbocycles. The normalized spacial score (nSPS) is 50.3. The Kier molecular flexibility index (Phi) is 3.58. The Balaban J connectivity index is 1.49. The minimum atomic E-state index is -1.23. The van der Waals surface area contributed by atoms with Crippen LogP contribution < -0.4 is 0 Å². The van der Waals surface area contributed by atoms with E-state index in [1.807, 2.05) is 13.0 Å². The number of rotatable bonds is 1. The zero-order valence-corrected chi connectivity index (χ0v) is 18.7. The highest BCUT2D eigenvalue weighted by Gasteiger charge is 2.83. The van der Waals surface area contributed by atoms with Gasteiger partial charge in [0.25, 0.3) is 0 Å². The summed E-state index contributed by atoms with van der Waals surface area (Å²) in [6.45, 7) is 7.62. The minimum absolute atomic E-state index is 0.114. The molecule has 8 atom stereocenters. The van der Waals surface area contributed by atoms with Crippen LogP contribution in [0.2, 0.25) is 0 Å². The standard InChI is InChI=1S/C25H28O7/c1-22(2)14(26)6-7-23(3)12-5-8-24(4)13(11-9-16(27)31-21(11)30)10-15-25(24,32-15)17(12)18(28)19(29)20(22)23/h6-7,9,12-13,15-17,27,29H,5,8,10H2,1-4H3/t12-,13-,15+,16+,17+,23-,24+,25-/m0/s1. The molecule has 0 aromatic rings. The van der Waals surface area contributed by atoms with Crippen molar-refractivity contribution in [1.29, 1.82) is 0 Å². The van der Waals surface area contributed by atoms with E-state index in [-0.39, 0.29) is 35.3 Å². The van der Waals surface area contributed by atoms with E-state index >= 15 is 0 Å². The molecule has 170 valence electrons. The van der Waals surface area contributed by atoms with Gasteiger partial charge < -0.3 is 19.7 Å². The molecule has 2 aliphatic heterocycles. The second kappa shape index (κ2) is 5.62. The summed E-state index contributed by atoms with van der Waals surface area (Å²) in [6, 6.07) is 0. The number of ether oxygens (including phenoxy) is 2. The van der Waals surface area contributed by atoms with Crippen molar-refractivity contribution in [1.82, 2.24) is 0 Å². The summed E-state index contributed by atoms with van der Waals surface area (Å²) in [4.78, 5) is 38.8. The second-order valence-corrected chi connectivity index (χ2v) is 11.3. The van der Waals surface area contributed by atoms with Crippen LogP contribution in [0.5, 0.6) is 0 Å². The van der Waals surface area contributed by atoms with E-state index in [9.17, 15) is 24.6 Å². The van der Waals surface area contributed by atoms with Gasteiger partial charge in [-0.15, -0.1) is 0 Å². The van der Waals surface area contributed by atoms with Gasteiger partial charge in [0.05, 0.1) is 17.4 Å². The van der Waals surface area contributed by atoms with Crippen LogP contribution in [0.25, 0.3) is 0 Å². The quantitative estimate of drug-likeness (QED) is 0.476. The van der Waals surface area contributed by atoms with Gasteiger partial charge in [0.2, 0.25) is 12.1 Å². The van der Waals surface area contributed by atoms with Crippen LogP contribution in [-0.2, 0) is 23.9 Å². The lowest BCUT2D eigenvalue weighted by Gasteiger charge is -2.57. The molecule has 2 N–H and O–H groups in total. The van der Waals surface area contributed by atoms with Gasteiger partial charge in [0.1, 0.15) is 5.60 Å². The number of allylic oxidation sites excluding steroid dienone is 4. The number of hydrogen-bond acceptors (Lipinski definition) is 7. The van der Waals surface area contributed by atoms with Crippen molar-refractivity contribution in [2.75, 3.05) is 0 Å². The Hall–Kier alpha value is -2.25. The zero-order valence-electron chi connectivity index (χ0n) is 18.7. The smallest absolute Gasteiger partial charge is 0.336 e. The predicted octanol–water partition coefficient (Wildman–Crippen LogP) is 2.54. The second-order valence-electron chi connectivity index (χ2n) is 11.3. The van der Waals surface area contributed by atoms with Crippen LogP contribution in [0.4, 0.5) is 0 Å². The van der Waals surface area contributed by atoms with Crippen molar-refractivity contribution < 1.29 is 34.1 Å². The number of carbonyl (C=O) groups is 3. The van der Waals surface area contributed by atoms with E-state index in [0.29, 0.717) is 24.0 Å². The van der Waals surface area contributed by atoms with E-state index < -0.39 is 40.0 Å². The van der Waals surface area contributed by atoms with E-state index in [1.165, 1.54) is 6.08 Å². The molecule has 3 fully saturated rings. The molecule has 1 spiro atoms. The number of aliphatic hydroxyl groups is 2. The van der Waals surface area contributed by atoms with E-state index in [4.69, 9.17) is 9.47 Å². The molecule has 4 aliphatic carbocycles. The molecule has 2 saturated carbocycles. The molecular weight excluding hydrogens is 412 g/mol. The third-order valence-corrected chi connectivity index (χ3v) is 9.75. The summed E-state index contributed by atoms with van der Waals surface area (Å²) in [5.74, 6) is -2.13. The lowest BCUT2D eigenvalue weighted by molar-refractivity contribution is -0.153. The van der Waals surface area contributed by atoms with Gasteiger partial charge in [-0.05, 0) is 56.8 Å². The highest BCUT2D eigenvalue weighted by Crippen LogP contribution is 2.76. The number of esters is 1. The molecule has 0 amide bonds. The van der Waals surface area contributed by atoms with Crippen LogP contribution in [0.15, 0.2) is 35.1 Å². The highest BCUT2D eigenvalue weighted by atomic mass is 16.6. The van der Waals surface area contributed by atoms with Crippen molar-refractivity contribution in [3.8, 4) is 0 Å². The molecule has 32 heavy (non-hydrogen) atoms. The van der Waals surface area contributed by atoms with Crippen LogP contribution in [-0.4, -0.2) is 45.7 Å². The fraction of sp³-hybridized carbons (Fsp3) is 0.640. The maximum atomic E-state index is 13.7. The number of aliphatic hydroxyl groups excluding tert-OH is 2. The molecule has 6 aliphatic rings. The van der Waals surface area contributed by atoms with Gasteiger partial charge in [-0.25, -0.2) is 4.79 Å². The lowest BCUT2D eigenvalue weighted by Crippen LogP contribution is -2.61. The van der Waals surface area contributed by atoms with E-state index in [2.05, 4.69) is 6.92 Å². The van der Waals surface area contributed by atoms with Crippen LogP contribution in [0, 0.1) is 34.0 Å². The van der Waals surface area contributed by atoms with Gasteiger partial charge >= 0.3 is 5.97 Å². The highest BCUT2D eigenvalue weighted by molar-refractivity contribution is 6.05. The molecule has 2 heterocycles. The summed E-state index contributed by atoms with van der Waals surface area (Å²) in [7, 11) is 0. The van der Waals surface area contributed by atoms with Crippen molar-refractivity contribution in [3.63, 3.8) is 0 Å². The number of hydrogen-bond donors (Lipinski definition) is 2. The Morgan fingerprint density at radius 1 is 1.12 bits per heavy atom. The Bertz CT molecular complexity index is 1100. The van der Waals surface area contributed by atoms with Gasteiger partial charge in [-0.3, -0.25) is 9.59 Å². The first-order valence-electron chi connectivity index (χ1n) is 11.4. The maximum Gasteiger partial charge on any atom is 0.336 e. The average molecular weight is 440 g/mol. The minimum Gasteiger partial charge on any atom is -0.504 e. The van der Waals surface area contributed by atoms with Crippen molar-refractivity contribution in [3.05, 3.63) is 35.1 Å². The Morgan fingerprint density at radius 2 is 1.84 bits per heavy atom. The Labute approximate surface area is 186 Å². The van der Waals surface area contributed by atoms with Crippen LogP contribution in [0.1, 0.15) is 47.0 Å². The molecule has 0 unspecified atom stereocenters. The number of carbonyl (C=O) groups excluding carboxylic acids is 3.